The first-order valence-corrected chi connectivity index (χ1v) is 8.48. The van der Waals surface area contributed by atoms with Gasteiger partial charge < -0.3 is 14.6 Å². The summed E-state index contributed by atoms with van der Waals surface area (Å²) in [6, 6.07) is 10.7. The Kier molecular flexibility index (Phi) is 5.50. The van der Waals surface area contributed by atoms with E-state index in [-0.39, 0.29) is 24.0 Å². The van der Waals surface area contributed by atoms with E-state index < -0.39 is 11.7 Å². The summed E-state index contributed by atoms with van der Waals surface area (Å²) in [5.41, 5.74) is -0.520. The van der Waals surface area contributed by atoms with Crippen molar-refractivity contribution in [1.29, 1.82) is 0 Å². The average molecular weight is 408 g/mol. The van der Waals surface area contributed by atoms with E-state index in [2.05, 4.69) is 15.5 Å². The Balaban J connectivity index is 1.71. The fraction of sp³-hybridized carbons (Fsp3) is 0.167. The number of nitrogens with zero attached hydrogens (tertiary/aromatic N) is 2. The van der Waals surface area contributed by atoms with Crippen LogP contribution in [0.25, 0.3) is 0 Å². The molecule has 0 saturated heterocycles. The van der Waals surface area contributed by atoms with Crippen LogP contribution in [-0.2, 0) is 19.8 Å². The molecule has 1 aromatic heterocycles. The van der Waals surface area contributed by atoms with E-state index in [0.29, 0.717) is 16.2 Å². The summed E-state index contributed by atoms with van der Waals surface area (Å²) in [5.74, 6) is 0.428. The first kappa shape index (κ1) is 19.6. The number of rotatable bonds is 5. The zero-order valence-corrected chi connectivity index (χ0v) is 15.4. The highest BCUT2D eigenvalue weighted by molar-refractivity contribution is 7.71. The lowest BCUT2D eigenvalue weighted by Crippen LogP contribution is -2.24. The second kappa shape index (κ2) is 7.85. The lowest BCUT2D eigenvalue weighted by molar-refractivity contribution is -0.137. The van der Waals surface area contributed by atoms with Crippen molar-refractivity contribution >= 4 is 18.1 Å². The Morgan fingerprint density at radius 2 is 1.89 bits per heavy atom. The van der Waals surface area contributed by atoms with E-state index >= 15 is 0 Å². The molecule has 0 unspecified atom stereocenters. The Labute approximate surface area is 163 Å². The Hall–Kier alpha value is -3.14. The van der Waals surface area contributed by atoms with Gasteiger partial charge >= 0.3 is 6.18 Å². The summed E-state index contributed by atoms with van der Waals surface area (Å²) in [5, 5.41) is 9.31. The molecule has 10 heteroatoms. The minimum Gasteiger partial charge on any atom is -0.457 e. The number of benzene rings is 2. The van der Waals surface area contributed by atoms with E-state index in [1.54, 1.807) is 29.8 Å². The maximum absolute atomic E-state index is 12.8. The van der Waals surface area contributed by atoms with Crippen LogP contribution in [0.15, 0.2) is 48.5 Å². The Morgan fingerprint density at radius 1 is 1.21 bits per heavy atom. The number of nitrogens with one attached hydrogen (secondary N) is 2. The third-order valence-corrected chi connectivity index (χ3v) is 4.24. The average Bonchev–Trinajstić information content (AvgIpc) is 2.98. The molecule has 3 rings (SSSR count). The largest absolute Gasteiger partial charge is 0.457 e. The summed E-state index contributed by atoms with van der Waals surface area (Å²) in [6.45, 7) is 0.154. The summed E-state index contributed by atoms with van der Waals surface area (Å²) in [6.07, 6.45) is -4.46. The lowest BCUT2D eigenvalue weighted by atomic mass is 10.2. The summed E-state index contributed by atoms with van der Waals surface area (Å²) >= 11 is 5.00. The Morgan fingerprint density at radius 3 is 2.54 bits per heavy atom. The highest BCUT2D eigenvalue weighted by atomic mass is 32.1. The minimum atomic E-state index is -4.46. The molecule has 6 nitrogen and oxygen atoms in total. The summed E-state index contributed by atoms with van der Waals surface area (Å²) < 4.78 is 46.0. The standard InChI is InChI=1S/C18H15F3N4O2S/c1-25-15(23-24-17(25)28)10-22-16(26)11-4-2-6-13(8-11)27-14-7-3-5-12(9-14)18(19,20)21/h2-9H,10H2,1H3,(H,22,26)(H,24,28). The number of aromatic nitrogens is 3. The number of aromatic amines is 1. The molecule has 0 fully saturated rings. The highest BCUT2D eigenvalue weighted by Gasteiger charge is 2.30. The topological polar surface area (TPSA) is 71.9 Å². The number of alkyl halides is 3. The number of hydrogen-bond donors (Lipinski definition) is 2. The number of carbonyl (C=O) groups excluding carboxylic acids is 1. The molecule has 0 spiro atoms. The molecule has 0 aliphatic rings. The second-order valence-corrected chi connectivity index (χ2v) is 6.23. The fourth-order valence-electron chi connectivity index (χ4n) is 2.37. The van der Waals surface area contributed by atoms with Crippen molar-refractivity contribution in [3.8, 4) is 11.5 Å². The van der Waals surface area contributed by atoms with Gasteiger partial charge in [-0.2, -0.15) is 18.3 Å². The lowest BCUT2D eigenvalue weighted by Gasteiger charge is -2.11. The van der Waals surface area contributed by atoms with Gasteiger partial charge in [0.15, 0.2) is 10.6 Å². The molecule has 28 heavy (non-hydrogen) atoms. The van der Waals surface area contributed by atoms with Gasteiger partial charge in [0.05, 0.1) is 12.1 Å². The van der Waals surface area contributed by atoms with Crippen molar-refractivity contribution in [3.63, 3.8) is 0 Å². The van der Waals surface area contributed by atoms with E-state index in [4.69, 9.17) is 17.0 Å². The molecule has 0 bridgehead atoms. The Bertz CT molecular complexity index is 1060. The number of hydrogen-bond acceptors (Lipinski definition) is 4. The van der Waals surface area contributed by atoms with Crippen LogP contribution >= 0.6 is 12.2 Å². The van der Waals surface area contributed by atoms with Crippen LogP contribution in [0.2, 0.25) is 0 Å². The molecular weight excluding hydrogens is 393 g/mol. The first-order chi connectivity index (χ1) is 13.2. The molecule has 3 aromatic rings. The maximum Gasteiger partial charge on any atom is 0.416 e. The van der Waals surface area contributed by atoms with Gasteiger partial charge in [-0.05, 0) is 48.6 Å². The van der Waals surface area contributed by atoms with Gasteiger partial charge in [0.1, 0.15) is 11.5 Å². The zero-order chi connectivity index (χ0) is 20.3. The quantitative estimate of drug-likeness (QED) is 0.620. The van der Waals surface area contributed by atoms with Crippen LogP contribution < -0.4 is 10.1 Å². The summed E-state index contributed by atoms with van der Waals surface area (Å²) in [4.78, 5) is 12.3. The molecular formula is C18H15F3N4O2S. The second-order valence-electron chi connectivity index (χ2n) is 5.84. The molecule has 0 aliphatic carbocycles. The van der Waals surface area contributed by atoms with Crippen LogP contribution in [0.1, 0.15) is 21.7 Å². The molecule has 0 atom stereocenters. The summed E-state index contributed by atoms with van der Waals surface area (Å²) in [7, 11) is 1.72. The third-order valence-electron chi connectivity index (χ3n) is 3.87. The van der Waals surface area contributed by atoms with Crippen LogP contribution in [0.5, 0.6) is 11.5 Å². The van der Waals surface area contributed by atoms with Crippen LogP contribution in [0.4, 0.5) is 13.2 Å². The molecule has 0 radical (unpaired) electrons. The maximum atomic E-state index is 12.8. The number of halogens is 3. The number of ether oxygens (including phenoxy) is 1. The fourth-order valence-corrected chi connectivity index (χ4v) is 2.52. The SMILES string of the molecule is Cn1c(CNC(=O)c2cccc(Oc3cccc(C(F)(F)F)c3)c2)n[nH]c1=S. The molecule has 2 aromatic carbocycles. The number of amides is 1. The van der Waals surface area contributed by atoms with E-state index in [1.165, 1.54) is 18.2 Å². The van der Waals surface area contributed by atoms with Crippen molar-refractivity contribution in [2.75, 3.05) is 0 Å². The van der Waals surface area contributed by atoms with Crippen molar-refractivity contribution in [2.45, 2.75) is 12.7 Å². The molecule has 2 N–H and O–H groups in total. The van der Waals surface area contributed by atoms with E-state index in [1.807, 2.05) is 0 Å². The van der Waals surface area contributed by atoms with Crippen LogP contribution in [0, 0.1) is 4.77 Å². The normalized spacial score (nSPS) is 11.3. The smallest absolute Gasteiger partial charge is 0.416 e. The zero-order valence-electron chi connectivity index (χ0n) is 14.6. The van der Waals surface area contributed by atoms with Crippen molar-refractivity contribution in [1.82, 2.24) is 20.1 Å². The molecule has 1 heterocycles. The van der Waals surface area contributed by atoms with E-state index in [0.717, 1.165) is 12.1 Å². The van der Waals surface area contributed by atoms with Crippen LogP contribution in [-0.4, -0.2) is 20.7 Å². The highest BCUT2D eigenvalue weighted by Crippen LogP contribution is 2.32. The van der Waals surface area contributed by atoms with Gasteiger partial charge in [-0.3, -0.25) is 9.89 Å². The minimum absolute atomic E-state index is 0.0221. The van der Waals surface area contributed by atoms with Crippen LogP contribution in [0.3, 0.4) is 0 Å². The first-order valence-electron chi connectivity index (χ1n) is 8.07. The van der Waals surface area contributed by atoms with Gasteiger partial charge in [0, 0.05) is 12.6 Å². The number of H-pyrrole nitrogens is 1. The van der Waals surface area contributed by atoms with Crippen molar-refractivity contribution in [2.24, 2.45) is 7.05 Å². The third kappa shape index (κ3) is 4.58. The predicted octanol–water partition coefficient (Wildman–Crippen LogP) is 4.22. The van der Waals surface area contributed by atoms with E-state index in [9.17, 15) is 18.0 Å². The molecule has 1 amide bonds. The van der Waals surface area contributed by atoms with Gasteiger partial charge in [-0.1, -0.05) is 12.1 Å². The molecule has 146 valence electrons. The molecule has 0 saturated carbocycles. The van der Waals surface area contributed by atoms with Crippen molar-refractivity contribution in [3.05, 3.63) is 70.3 Å². The predicted molar refractivity (Wildman–Crippen MR) is 97.5 cm³/mol. The number of carbonyl (C=O) groups is 1. The van der Waals surface area contributed by atoms with Gasteiger partial charge in [-0.25, -0.2) is 0 Å². The molecule has 0 aliphatic heterocycles. The van der Waals surface area contributed by atoms with Gasteiger partial charge in [-0.15, -0.1) is 0 Å². The monoisotopic (exact) mass is 408 g/mol. The van der Waals surface area contributed by atoms with Crippen molar-refractivity contribution < 1.29 is 22.7 Å². The van der Waals surface area contributed by atoms with Gasteiger partial charge in [0.2, 0.25) is 0 Å². The van der Waals surface area contributed by atoms with Gasteiger partial charge in [0.25, 0.3) is 5.91 Å².